The smallest absolute Gasteiger partial charge is 0.211 e. The summed E-state index contributed by atoms with van der Waals surface area (Å²) in [4.78, 5) is 0.0787. The van der Waals surface area contributed by atoms with Crippen LogP contribution < -0.4 is 4.72 Å². The summed E-state index contributed by atoms with van der Waals surface area (Å²) in [5.74, 6) is 0. The maximum absolute atomic E-state index is 12.0. The lowest BCUT2D eigenvalue weighted by Crippen LogP contribution is -2.26. The molecule has 0 amide bonds. The SMILES string of the molecule is CCC(Cl)CCNS(=O)(=O)c1ccc(Br)cc1Cl. The van der Waals surface area contributed by atoms with Crippen LogP contribution in [0.5, 0.6) is 0 Å². The Kier molecular flexibility index (Phi) is 6.41. The fourth-order valence-corrected chi connectivity index (χ4v) is 3.52. The first-order valence-electron chi connectivity index (χ1n) is 5.45. The quantitative estimate of drug-likeness (QED) is 0.770. The van der Waals surface area contributed by atoms with Gasteiger partial charge in [0.25, 0.3) is 0 Å². The van der Waals surface area contributed by atoms with Gasteiger partial charge in [-0.05, 0) is 31.0 Å². The van der Waals surface area contributed by atoms with Crippen molar-refractivity contribution < 1.29 is 8.42 Å². The summed E-state index contributed by atoms with van der Waals surface area (Å²) >= 11 is 15.1. The topological polar surface area (TPSA) is 46.2 Å². The van der Waals surface area contributed by atoms with E-state index < -0.39 is 10.0 Å². The lowest BCUT2D eigenvalue weighted by atomic mass is 10.2. The Morgan fingerprint density at radius 3 is 2.67 bits per heavy atom. The zero-order valence-electron chi connectivity index (χ0n) is 9.79. The Morgan fingerprint density at radius 1 is 1.44 bits per heavy atom. The highest BCUT2D eigenvalue weighted by Crippen LogP contribution is 2.25. The molecule has 3 nitrogen and oxygen atoms in total. The Balaban J connectivity index is 2.74. The molecule has 0 saturated carbocycles. The van der Waals surface area contributed by atoms with Crippen LogP contribution in [-0.4, -0.2) is 20.3 Å². The minimum atomic E-state index is -3.57. The number of benzene rings is 1. The minimum absolute atomic E-state index is 0.0203. The fraction of sp³-hybridized carbons (Fsp3) is 0.455. The molecule has 1 rings (SSSR count). The number of alkyl halides is 1. The Bertz CT molecular complexity index is 508. The van der Waals surface area contributed by atoms with Gasteiger partial charge >= 0.3 is 0 Å². The molecule has 7 heteroatoms. The molecule has 1 unspecified atom stereocenters. The Hall–Kier alpha value is 0.190. The van der Waals surface area contributed by atoms with Gasteiger partial charge in [-0.3, -0.25) is 0 Å². The summed E-state index contributed by atoms with van der Waals surface area (Å²) in [7, 11) is -3.57. The monoisotopic (exact) mass is 373 g/mol. The van der Waals surface area contributed by atoms with Crippen LogP contribution in [0.4, 0.5) is 0 Å². The zero-order chi connectivity index (χ0) is 13.8. The van der Waals surface area contributed by atoms with E-state index in [-0.39, 0.29) is 15.3 Å². The van der Waals surface area contributed by atoms with Crippen molar-refractivity contribution >= 4 is 49.2 Å². The van der Waals surface area contributed by atoms with Crippen LogP contribution >= 0.6 is 39.1 Å². The molecule has 1 N–H and O–H groups in total. The third kappa shape index (κ3) is 4.70. The maximum Gasteiger partial charge on any atom is 0.242 e. The van der Waals surface area contributed by atoms with Crippen molar-refractivity contribution in [3.63, 3.8) is 0 Å². The molecular formula is C11H14BrCl2NO2S. The number of nitrogens with one attached hydrogen (secondary N) is 1. The van der Waals surface area contributed by atoms with Crippen molar-refractivity contribution in [2.75, 3.05) is 6.54 Å². The van der Waals surface area contributed by atoms with Crippen LogP contribution in [-0.2, 0) is 10.0 Å². The third-order valence-corrected chi connectivity index (χ3v) is 5.34. The second-order valence-electron chi connectivity index (χ2n) is 3.77. The van der Waals surface area contributed by atoms with Crippen molar-refractivity contribution in [2.24, 2.45) is 0 Å². The van der Waals surface area contributed by atoms with Crippen LogP contribution in [0.2, 0.25) is 5.02 Å². The van der Waals surface area contributed by atoms with Gasteiger partial charge in [-0.1, -0.05) is 34.5 Å². The summed E-state index contributed by atoms with van der Waals surface area (Å²) in [6.45, 7) is 2.26. The maximum atomic E-state index is 12.0. The van der Waals surface area contributed by atoms with Gasteiger partial charge in [-0.15, -0.1) is 11.6 Å². The van der Waals surface area contributed by atoms with E-state index >= 15 is 0 Å². The predicted octanol–water partition coefficient (Wildman–Crippen LogP) is 3.79. The lowest BCUT2D eigenvalue weighted by Gasteiger charge is -2.10. The second kappa shape index (κ2) is 7.10. The molecule has 0 fully saturated rings. The number of hydrogen-bond acceptors (Lipinski definition) is 2. The normalized spacial score (nSPS) is 13.6. The molecule has 0 aliphatic heterocycles. The minimum Gasteiger partial charge on any atom is -0.211 e. The first-order chi connectivity index (χ1) is 8.36. The van der Waals surface area contributed by atoms with E-state index in [2.05, 4.69) is 20.7 Å². The van der Waals surface area contributed by atoms with Crippen LogP contribution in [0.1, 0.15) is 19.8 Å². The molecular weight excluding hydrogens is 361 g/mol. The molecule has 1 aromatic carbocycles. The number of rotatable bonds is 6. The Morgan fingerprint density at radius 2 is 2.11 bits per heavy atom. The predicted molar refractivity (Wildman–Crippen MR) is 78.9 cm³/mol. The van der Waals surface area contributed by atoms with Crippen LogP contribution in [0, 0.1) is 0 Å². The molecule has 102 valence electrons. The summed E-state index contributed by atoms with van der Waals surface area (Å²) < 4.78 is 27.2. The number of halogens is 3. The molecule has 0 bridgehead atoms. The summed E-state index contributed by atoms with van der Waals surface area (Å²) in [6.07, 6.45) is 1.40. The highest BCUT2D eigenvalue weighted by molar-refractivity contribution is 9.10. The van der Waals surface area contributed by atoms with Crippen molar-refractivity contribution in [3.05, 3.63) is 27.7 Å². The largest absolute Gasteiger partial charge is 0.242 e. The van der Waals surface area contributed by atoms with Crippen LogP contribution in [0.3, 0.4) is 0 Å². The van der Waals surface area contributed by atoms with E-state index in [0.717, 1.165) is 10.9 Å². The molecule has 18 heavy (non-hydrogen) atoms. The molecule has 0 aliphatic rings. The van der Waals surface area contributed by atoms with E-state index in [1.165, 1.54) is 6.07 Å². The second-order valence-corrected chi connectivity index (χ2v) is 7.44. The van der Waals surface area contributed by atoms with E-state index in [0.29, 0.717) is 13.0 Å². The molecule has 1 aromatic rings. The molecule has 0 aromatic heterocycles. The molecule has 0 spiro atoms. The third-order valence-electron chi connectivity index (χ3n) is 2.38. The molecule has 0 radical (unpaired) electrons. The van der Waals surface area contributed by atoms with E-state index in [1.807, 2.05) is 6.92 Å². The van der Waals surface area contributed by atoms with Gasteiger partial charge in [-0.2, -0.15) is 0 Å². The highest BCUT2D eigenvalue weighted by atomic mass is 79.9. The molecule has 0 aliphatic carbocycles. The van der Waals surface area contributed by atoms with Gasteiger partial charge in [-0.25, -0.2) is 13.1 Å². The summed E-state index contributed by atoms with van der Waals surface area (Å²) in [5.41, 5.74) is 0. The molecule has 0 saturated heterocycles. The average molecular weight is 375 g/mol. The fourth-order valence-electron chi connectivity index (χ4n) is 1.32. The molecule has 1 atom stereocenters. The van der Waals surface area contributed by atoms with Crippen molar-refractivity contribution in [2.45, 2.75) is 30.0 Å². The van der Waals surface area contributed by atoms with Crippen molar-refractivity contribution in [1.82, 2.24) is 4.72 Å². The first-order valence-corrected chi connectivity index (χ1v) is 8.54. The van der Waals surface area contributed by atoms with Crippen molar-refractivity contribution in [1.29, 1.82) is 0 Å². The number of hydrogen-bond donors (Lipinski definition) is 1. The van der Waals surface area contributed by atoms with E-state index in [9.17, 15) is 8.42 Å². The van der Waals surface area contributed by atoms with Gasteiger partial charge in [0, 0.05) is 16.4 Å². The molecule has 0 heterocycles. The summed E-state index contributed by atoms with van der Waals surface area (Å²) in [6, 6.07) is 4.65. The van der Waals surface area contributed by atoms with E-state index in [4.69, 9.17) is 23.2 Å². The summed E-state index contributed by atoms with van der Waals surface area (Å²) in [5, 5.41) is 0.169. The number of sulfonamides is 1. The van der Waals surface area contributed by atoms with E-state index in [1.54, 1.807) is 12.1 Å². The van der Waals surface area contributed by atoms with Gasteiger partial charge in [0.15, 0.2) is 0 Å². The van der Waals surface area contributed by atoms with Gasteiger partial charge < -0.3 is 0 Å². The average Bonchev–Trinajstić information content (AvgIpc) is 2.27. The first kappa shape index (κ1) is 16.2. The highest BCUT2D eigenvalue weighted by Gasteiger charge is 2.17. The van der Waals surface area contributed by atoms with Crippen molar-refractivity contribution in [3.8, 4) is 0 Å². The van der Waals surface area contributed by atoms with Gasteiger partial charge in [0.2, 0.25) is 10.0 Å². The lowest BCUT2D eigenvalue weighted by molar-refractivity contribution is 0.576. The van der Waals surface area contributed by atoms with Crippen LogP contribution in [0.25, 0.3) is 0 Å². The Labute approximate surface area is 126 Å². The zero-order valence-corrected chi connectivity index (χ0v) is 13.7. The standard InChI is InChI=1S/C11H14BrCl2NO2S/c1-2-9(13)5-6-15-18(16,17)11-4-3-8(12)7-10(11)14/h3-4,7,9,15H,2,5-6H2,1H3. The van der Waals surface area contributed by atoms with Gasteiger partial charge in [0.1, 0.15) is 4.90 Å². The van der Waals surface area contributed by atoms with Crippen LogP contribution in [0.15, 0.2) is 27.6 Å². The van der Waals surface area contributed by atoms with Gasteiger partial charge in [0.05, 0.1) is 5.02 Å².